The third-order valence-electron chi connectivity index (χ3n) is 6.67. The van der Waals surface area contributed by atoms with E-state index in [9.17, 15) is 14.7 Å². The van der Waals surface area contributed by atoms with E-state index in [-0.39, 0.29) is 12.5 Å². The van der Waals surface area contributed by atoms with Crippen molar-refractivity contribution < 1.29 is 14.7 Å². The van der Waals surface area contributed by atoms with Crippen LogP contribution < -0.4 is 0 Å². The Morgan fingerprint density at radius 2 is 1.62 bits per heavy atom. The number of benzene rings is 3. The predicted molar refractivity (Wildman–Crippen MR) is 145 cm³/mol. The van der Waals surface area contributed by atoms with Gasteiger partial charge in [0.2, 0.25) is 5.91 Å². The van der Waals surface area contributed by atoms with Crippen LogP contribution in [0.15, 0.2) is 88.0 Å². The number of rotatable bonds is 10. The van der Waals surface area contributed by atoms with Gasteiger partial charge in [-0.05, 0) is 60.2 Å². The molecule has 1 aliphatic heterocycles. The zero-order valence-electron chi connectivity index (χ0n) is 21.5. The summed E-state index contributed by atoms with van der Waals surface area (Å²) in [6.45, 7) is 5.71. The predicted octanol–water partition coefficient (Wildman–Crippen LogP) is 6.57. The van der Waals surface area contributed by atoms with Crippen molar-refractivity contribution in [1.29, 1.82) is 0 Å². The first kappa shape index (κ1) is 25.9. The summed E-state index contributed by atoms with van der Waals surface area (Å²) in [5, 5.41) is 18.0. The number of hydrogen-bond acceptors (Lipinski definition) is 5. The molecular formula is C30H32N4O3. The van der Waals surface area contributed by atoms with Gasteiger partial charge in [0, 0.05) is 18.5 Å². The van der Waals surface area contributed by atoms with Gasteiger partial charge in [0.15, 0.2) is 12.5 Å². The highest BCUT2D eigenvalue weighted by Gasteiger charge is 2.37. The van der Waals surface area contributed by atoms with Crippen LogP contribution in [0.4, 0.5) is 0 Å². The van der Waals surface area contributed by atoms with E-state index in [0.717, 1.165) is 46.2 Å². The topological polar surface area (TPSA) is 94.7 Å². The molecule has 0 radical (unpaired) electrons. The van der Waals surface area contributed by atoms with Crippen LogP contribution in [0.25, 0.3) is 22.3 Å². The summed E-state index contributed by atoms with van der Waals surface area (Å²) in [5.41, 5.74) is 4.59. The molecule has 0 aromatic heterocycles. The molecule has 0 saturated heterocycles. The first-order valence-electron chi connectivity index (χ1n) is 12.6. The summed E-state index contributed by atoms with van der Waals surface area (Å²) in [4.78, 5) is 30.8. The second-order valence-electron chi connectivity index (χ2n) is 9.64. The van der Waals surface area contributed by atoms with Crippen LogP contribution in [0.5, 0.6) is 0 Å². The Hall–Kier alpha value is -4.13. The molecular weight excluding hydrogens is 464 g/mol. The molecule has 7 heteroatoms. The lowest BCUT2D eigenvalue weighted by atomic mass is 9.93. The highest BCUT2D eigenvalue weighted by molar-refractivity contribution is 6.06. The van der Waals surface area contributed by atoms with Crippen molar-refractivity contribution in [2.45, 2.75) is 52.1 Å². The van der Waals surface area contributed by atoms with E-state index in [2.05, 4.69) is 39.5 Å². The molecule has 0 bridgehead atoms. The third-order valence-corrected chi connectivity index (χ3v) is 6.67. The van der Waals surface area contributed by atoms with Crippen molar-refractivity contribution in [2.75, 3.05) is 6.67 Å². The number of carbonyl (C=O) groups is 2. The van der Waals surface area contributed by atoms with Gasteiger partial charge >= 0.3 is 5.97 Å². The normalized spacial score (nSPS) is 12.9. The molecule has 190 valence electrons. The number of carbonyl (C=O) groups excluding carboxylic acids is 1. The average Bonchev–Trinajstić information content (AvgIpc) is 3.45. The molecule has 0 unspecified atom stereocenters. The van der Waals surface area contributed by atoms with Gasteiger partial charge in [-0.15, -0.1) is 5.11 Å². The smallest absolute Gasteiger partial charge is 0.329 e. The molecule has 3 aromatic rings. The maximum Gasteiger partial charge on any atom is 0.329 e. The molecule has 1 amide bonds. The monoisotopic (exact) mass is 496 g/mol. The van der Waals surface area contributed by atoms with E-state index in [1.807, 2.05) is 55.5 Å². The lowest BCUT2D eigenvalue weighted by Crippen LogP contribution is -2.52. The number of carboxylic acids is 1. The van der Waals surface area contributed by atoms with Crippen molar-refractivity contribution in [3.05, 3.63) is 83.9 Å². The fourth-order valence-electron chi connectivity index (χ4n) is 4.30. The van der Waals surface area contributed by atoms with Crippen molar-refractivity contribution in [2.24, 2.45) is 15.2 Å². The number of amidine groups is 1. The SMILES string of the molecule is CCCCC(=O)N(Cc1ccc(-c2cc(-c3ccccc3)ccc2C2=NCN=N2)cc1)C(C)(C)C(=O)O. The van der Waals surface area contributed by atoms with Gasteiger partial charge in [0.25, 0.3) is 0 Å². The van der Waals surface area contributed by atoms with Gasteiger partial charge < -0.3 is 10.0 Å². The van der Waals surface area contributed by atoms with Gasteiger partial charge in [0.1, 0.15) is 5.54 Å². The second-order valence-corrected chi connectivity index (χ2v) is 9.64. The maximum absolute atomic E-state index is 12.9. The molecule has 1 heterocycles. The standard InChI is InChI=1S/C30H32N4O3/c1-4-5-11-27(35)34(30(2,3)29(36)37)19-21-12-14-23(15-13-21)26-18-24(22-9-7-6-8-10-22)16-17-25(26)28-31-20-32-33-28/h6-10,12-18H,4-5,11,19-20H2,1-3H3,(H,36,37). The molecule has 1 N–H and O–H groups in total. The average molecular weight is 497 g/mol. The zero-order chi connectivity index (χ0) is 26.4. The Labute approximate surface area is 217 Å². The fourth-order valence-corrected chi connectivity index (χ4v) is 4.30. The number of aliphatic carboxylic acids is 1. The van der Waals surface area contributed by atoms with E-state index in [1.54, 1.807) is 13.8 Å². The van der Waals surface area contributed by atoms with Crippen molar-refractivity contribution in [1.82, 2.24) is 4.90 Å². The van der Waals surface area contributed by atoms with Crippen molar-refractivity contribution in [3.8, 4) is 22.3 Å². The number of aliphatic imine (C=N–C) groups is 1. The highest BCUT2D eigenvalue weighted by atomic mass is 16.4. The molecule has 4 rings (SSSR count). The lowest BCUT2D eigenvalue weighted by molar-refractivity contribution is -0.157. The summed E-state index contributed by atoms with van der Waals surface area (Å²) in [5.74, 6) is -0.571. The largest absolute Gasteiger partial charge is 0.480 e. The quantitative estimate of drug-likeness (QED) is 0.344. The summed E-state index contributed by atoms with van der Waals surface area (Å²) < 4.78 is 0. The van der Waals surface area contributed by atoms with Gasteiger partial charge in [-0.1, -0.05) is 74.0 Å². The maximum atomic E-state index is 12.9. The number of azo groups is 1. The molecule has 0 saturated carbocycles. The van der Waals surface area contributed by atoms with Crippen molar-refractivity contribution >= 4 is 17.7 Å². The van der Waals surface area contributed by atoms with Crippen LogP contribution in [0, 0.1) is 0 Å². The number of unbranched alkanes of at least 4 members (excludes halogenated alkanes) is 1. The summed E-state index contributed by atoms with van der Waals surface area (Å²) in [7, 11) is 0. The van der Waals surface area contributed by atoms with Crippen LogP contribution in [0.3, 0.4) is 0 Å². The Balaban J connectivity index is 1.68. The summed E-state index contributed by atoms with van der Waals surface area (Å²) >= 11 is 0. The molecule has 3 aromatic carbocycles. The minimum Gasteiger partial charge on any atom is -0.480 e. The number of nitrogens with zero attached hydrogens (tertiary/aromatic N) is 4. The van der Waals surface area contributed by atoms with Crippen LogP contribution in [-0.4, -0.2) is 39.9 Å². The lowest BCUT2D eigenvalue weighted by Gasteiger charge is -2.35. The van der Waals surface area contributed by atoms with Crippen LogP contribution >= 0.6 is 0 Å². The second kappa shape index (κ2) is 11.3. The van der Waals surface area contributed by atoms with E-state index >= 15 is 0 Å². The molecule has 0 atom stereocenters. The Kier molecular flexibility index (Phi) is 7.92. The molecule has 0 spiro atoms. The zero-order valence-corrected chi connectivity index (χ0v) is 21.5. The molecule has 7 nitrogen and oxygen atoms in total. The minimum absolute atomic E-state index is 0.152. The van der Waals surface area contributed by atoms with Gasteiger partial charge in [-0.2, -0.15) is 5.11 Å². The summed E-state index contributed by atoms with van der Waals surface area (Å²) in [6.07, 6.45) is 1.93. The fraction of sp³-hybridized carbons (Fsp3) is 0.300. The first-order chi connectivity index (χ1) is 17.8. The number of amides is 1. The van der Waals surface area contributed by atoms with Crippen LogP contribution in [0.1, 0.15) is 51.2 Å². The molecule has 0 aliphatic carbocycles. The van der Waals surface area contributed by atoms with E-state index in [1.165, 1.54) is 4.90 Å². The number of hydrogen-bond donors (Lipinski definition) is 1. The van der Waals surface area contributed by atoms with Crippen LogP contribution in [0.2, 0.25) is 0 Å². The Morgan fingerprint density at radius 3 is 2.24 bits per heavy atom. The van der Waals surface area contributed by atoms with Crippen LogP contribution in [-0.2, 0) is 16.1 Å². The van der Waals surface area contributed by atoms with Gasteiger partial charge in [-0.3, -0.25) is 4.79 Å². The van der Waals surface area contributed by atoms with E-state index in [4.69, 9.17) is 0 Å². The molecule has 1 aliphatic rings. The first-order valence-corrected chi connectivity index (χ1v) is 12.6. The Morgan fingerprint density at radius 1 is 0.919 bits per heavy atom. The van der Waals surface area contributed by atoms with Gasteiger partial charge in [0.05, 0.1) is 0 Å². The van der Waals surface area contributed by atoms with E-state index < -0.39 is 11.5 Å². The summed E-state index contributed by atoms with van der Waals surface area (Å²) in [6, 6.07) is 24.3. The third kappa shape index (κ3) is 5.82. The minimum atomic E-state index is -1.31. The van der Waals surface area contributed by atoms with E-state index in [0.29, 0.717) is 18.9 Å². The molecule has 37 heavy (non-hydrogen) atoms. The van der Waals surface area contributed by atoms with Crippen molar-refractivity contribution in [3.63, 3.8) is 0 Å². The highest BCUT2D eigenvalue weighted by Crippen LogP contribution is 2.32. The number of carboxylic acid groups (broad SMARTS) is 1. The Bertz CT molecular complexity index is 1330. The molecule has 0 fully saturated rings. The van der Waals surface area contributed by atoms with Gasteiger partial charge in [-0.25, -0.2) is 9.79 Å².